The monoisotopic (exact) mass is 123 g/mol. The molecule has 0 rings (SSSR count). The molecule has 0 saturated heterocycles. The van der Waals surface area contributed by atoms with Crippen LogP contribution in [-0.2, 0) is 4.79 Å². The van der Waals surface area contributed by atoms with Gasteiger partial charge in [0.05, 0.1) is 6.07 Å². The molecule has 0 radical (unpaired) electrons. The van der Waals surface area contributed by atoms with Gasteiger partial charge in [0.2, 0.25) is 0 Å². The van der Waals surface area contributed by atoms with Crippen molar-refractivity contribution in [1.82, 2.24) is 0 Å². The standard InChI is InChI=1S/C7H9NO/c1-2-4-7(9)5-3-6-8/h3,5H,2,4H2,1H3/b5-3+. The lowest BCUT2D eigenvalue weighted by atomic mass is 10.2. The third-order valence-electron chi connectivity index (χ3n) is 0.840. The fourth-order valence-corrected chi connectivity index (χ4v) is 0.460. The van der Waals surface area contributed by atoms with Crippen LogP contribution in [0.15, 0.2) is 12.2 Å². The van der Waals surface area contributed by atoms with Gasteiger partial charge >= 0.3 is 0 Å². The minimum Gasteiger partial charge on any atom is -0.295 e. The predicted octanol–water partition coefficient (Wildman–Crippen LogP) is 1.44. The first-order valence-corrected chi connectivity index (χ1v) is 2.90. The molecule has 48 valence electrons. The van der Waals surface area contributed by atoms with Crippen molar-refractivity contribution in [2.24, 2.45) is 0 Å². The third kappa shape index (κ3) is 4.76. The van der Waals surface area contributed by atoms with E-state index in [1.807, 2.05) is 6.92 Å². The van der Waals surface area contributed by atoms with Gasteiger partial charge in [0, 0.05) is 12.5 Å². The molecule has 0 fully saturated rings. The zero-order valence-corrected chi connectivity index (χ0v) is 5.42. The van der Waals surface area contributed by atoms with Crippen molar-refractivity contribution >= 4 is 5.78 Å². The maximum absolute atomic E-state index is 10.6. The maximum atomic E-state index is 10.6. The average Bonchev–Trinajstić information content (AvgIpc) is 1.85. The molecule has 0 heterocycles. The molecule has 0 spiro atoms. The fourth-order valence-electron chi connectivity index (χ4n) is 0.460. The zero-order chi connectivity index (χ0) is 7.11. The third-order valence-corrected chi connectivity index (χ3v) is 0.840. The van der Waals surface area contributed by atoms with E-state index < -0.39 is 0 Å². The van der Waals surface area contributed by atoms with Gasteiger partial charge in [-0.1, -0.05) is 6.92 Å². The topological polar surface area (TPSA) is 40.9 Å². The molecule has 2 nitrogen and oxygen atoms in total. The van der Waals surface area contributed by atoms with Crippen LogP contribution in [0.2, 0.25) is 0 Å². The van der Waals surface area contributed by atoms with Crippen LogP contribution in [0, 0.1) is 11.3 Å². The molecule has 2 heteroatoms. The molecule has 0 aromatic heterocycles. The van der Waals surface area contributed by atoms with Crippen LogP contribution >= 0.6 is 0 Å². The van der Waals surface area contributed by atoms with E-state index in [0.717, 1.165) is 6.42 Å². The van der Waals surface area contributed by atoms with Crippen LogP contribution in [-0.4, -0.2) is 5.78 Å². The Bertz CT molecular complexity index is 153. The summed E-state index contributed by atoms with van der Waals surface area (Å²) in [4.78, 5) is 10.6. The van der Waals surface area contributed by atoms with Crippen molar-refractivity contribution in [2.45, 2.75) is 19.8 Å². The Kier molecular flexibility index (Phi) is 4.43. The molecule has 0 aromatic rings. The van der Waals surface area contributed by atoms with E-state index in [9.17, 15) is 4.79 Å². The molecule has 0 atom stereocenters. The maximum Gasteiger partial charge on any atom is 0.156 e. The summed E-state index contributed by atoms with van der Waals surface area (Å²) in [5.74, 6) is 0.0269. The molecule has 0 bridgehead atoms. The van der Waals surface area contributed by atoms with Crippen molar-refractivity contribution in [1.29, 1.82) is 5.26 Å². The summed E-state index contributed by atoms with van der Waals surface area (Å²) in [7, 11) is 0. The van der Waals surface area contributed by atoms with Crippen LogP contribution in [0.4, 0.5) is 0 Å². The Morgan fingerprint density at radius 2 is 2.44 bits per heavy atom. The van der Waals surface area contributed by atoms with Crippen LogP contribution in [0.25, 0.3) is 0 Å². The van der Waals surface area contributed by atoms with Crippen LogP contribution in [0.1, 0.15) is 19.8 Å². The summed E-state index contributed by atoms with van der Waals surface area (Å²) in [5, 5.41) is 7.99. The quantitative estimate of drug-likeness (QED) is 0.420. The average molecular weight is 123 g/mol. The normalized spacial score (nSPS) is 9.33. The largest absolute Gasteiger partial charge is 0.295 e. The van der Waals surface area contributed by atoms with E-state index in [1.165, 1.54) is 12.2 Å². The number of rotatable bonds is 3. The Hall–Kier alpha value is -1.10. The second kappa shape index (κ2) is 5.04. The number of allylic oxidation sites excluding steroid dienone is 2. The van der Waals surface area contributed by atoms with E-state index in [-0.39, 0.29) is 5.78 Å². The van der Waals surface area contributed by atoms with Crippen molar-refractivity contribution in [2.75, 3.05) is 0 Å². The fraction of sp³-hybridized carbons (Fsp3) is 0.429. The molecule has 9 heavy (non-hydrogen) atoms. The Balaban J connectivity index is 3.53. The van der Waals surface area contributed by atoms with Gasteiger partial charge in [-0.05, 0) is 12.5 Å². The highest BCUT2D eigenvalue weighted by Crippen LogP contribution is 1.89. The van der Waals surface area contributed by atoms with E-state index in [2.05, 4.69) is 0 Å². The first kappa shape index (κ1) is 7.90. The molecule has 0 saturated carbocycles. The molecule has 0 amide bonds. The number of nitriles is 1. The summed E-state index contributed by atoms with van der Waals surface area (Å²) in [6.07, 6.45) is 3.90. The summed E-state index contributed by atoms with van der Waals surface area (Å²) in [6, 6.07) is 1.76. The lowest BCUT2D eigenvalue weighted by Gasteiger charge is -1.84. The second-order valence-electron chi connectivity index (χ2n) is 1.68. The molecule has 0 aromatic carbocycles. The molecular weight excluding hydrogens is 114 g/mol. The molecule has 0 aliphatic rings. The molecule has 0 unspecified atom stereocenters. The van der Waals surface area contributed by atoms with Gasteiger partial charge in [-0.15, -0.1) is 0 Å². The SMILES string of the molecule is CCCC(=O)/C=C/C#N. The number of carbonyl (C=O) groups excluding carboxylic acids is 1. The number of hydrogen-bond acceptors (Lipinski definition) is 2. The molecular formula is C7H9NO. The summed E-state index contributed by atoms with van der Waals surface area (Å²) >= 11 is 0. The van der Waals surface area contributed by atoms with Crippen molar-refractivity contribution in [3.05, 3.63) is 12.2 Å². The summed E-state index contributed by atoms with van der Waals surface area (Å²) in [6.45, 7) is 1.93. The van der Waals surface area contributed by atoms with E-state index in [1.54, 1.807) is 6.07 Å². The molecule has 0 aliphatic carbocycles. The van der Waals surface area contributed by atoms with E-state index >= 15 is 0 Å². The van der Waals surface area contributed by atoms with E-state index in [4.69, 9.17) is 5.26 Å². The number of nitrogens with zero attached hydrogens (tertiary/aromatic N) is 1. The highest BCUT2D eigenvalue weighted by molar-refractivity contribution is 5.89. The number of carbonyl (C=O) groups is 1. The lowest BCUT2D eigenvalue weighted by Crippen LogP contribution is -1.88. The smallest absolute Gasteiger partial charge is 0.156 e. The van der Waals surface area contributed by atoms with Gasteiger partial charge in [0.1, 0.15) is 0 Å². The van der Waals surface area contributed by atoms with Crippen LogP contribution in [0.3, 0.4) is 0 Å². The van der Waals surface area contributed by atoms with Gasteiger partial charge < -0.3 is 0 Å². The second-order valence-corrected chi connectivity index (χ2v) is 1.68. The minimum absolute atomic E-state index is 0.0269. The van der Waals surface area contributed by atoms with Crippen LogP contribution < -0.4 is 0 Å². The highest BCUT2D eigenvalue weighted by atomic mass is 16.1. The summed E-state index contributed by atoms with van der Waals surface area (Å²) in [5.41, 5.74) is 0. The van der Waals surface area contributed by atoms with Gasteiger partial charge in [0.15, 0.2) is 5.78 Å². The van der Waals surface area contributed by atoms with Gasteiger partial charge in [-0.2, -0.15) is 5.26 Å². The van der Waals surface area contributed by atoms with Gasteiger partial charge in [0.25, 0.3) is 0 Å². The molecule has 0 N–H and O–H groups in total. The first-order chi connectivity index (χ1) is 4.31. The Morgan fingerprint density at radius 3 is 2.89 bits per heavy atom. The zero-order valence-electron chi connectivity index (χ0n) is 5.42. The van der Waals surface area contributed by atoms with Crippen LogP contribution in [0.5, 0.6) is 0 Å². The number of ketones is 1. The lowest BCUT2D eigenvalue weighted by molar-refractivity contribution is -0.114. The van der Waals surface area contributed by atoms with Gasteiger partial charge in [-0.3, -0.25) is 4.79 Å². The Labute approximate surface area is 54.8 Å². The first-order valence-electron chi connectivity index (χ1n) is 2.90. The van der Waals surface area contributed by atoms with Gasteiger partial charge in [-0.25, -0.2) is 0 Å². The highest BCUT2D eigenvalue weighted by Gasteiger charge is 1.90. The van der Waals surface area contributed by atoms with E-state index in [0.29, 0.717) is 6.42 Å². The summed E-state index contributed by atoms with van der Waals surface area (Å²) < 4.78 is 0. The van der Waals surface area contributed by atoms with Crippen molar-refractivity contribution in [3.63, 3.8) is 0 Å². The number of hydrogen-bond donors (Lipinski definition) is 0. The van der Waals surface area contributed by atoms with Crippen molar-refractivity contribution < 1.29 is 4.79 Å². The predicted molar refractivity (Wildman–Crippen MR) is 34.7 cm³/mol. The van der Waals surface area contributed by atoms with Crippen molar-refractivity contribution in [3.8, 4) is 6.07 Å². The Morgan fingerprint density at radius 1 is 1.78 bits per heavy atom. The molecule has 0 aliphatic heterocycles. The minimum atomic E-state index is 0.0269.